The topological polar surface area (TPSA) is 92.5 Å². The average Bonchev–Trinajstić information content (AvgIpc) is 2.65. The van der Waals surface area contributed by atoms with E-state index in [9.17, 15) is 19.5 Å². The van der Waals surface area contributed by atoms with Gasteiger partial charge >= 0.3 is 5.97 Å². The van der Waals surface area contributed by atoms with Crippen molar-refractivity contribution < 1.29 is 14.7 Å². The first-order chi connectivity index (χ1) is 12.4. The predicted molar refractivity (Wildman–Crippen MR) is 96.9 cm³/mol. The molecule has 0 radical (unpaired) electrons. The van der Waals surface area contributed by atoms with Gasteiger partial charge < -0.3 is 10.0 Å². The molecule has 3 rings (SSSR count). The summed E-state index contributed by atoms with van der Waals surface area (Å²) in [5, 5.41) is 15.1. The Morgan fingerprint density at radius 2 is 1.81 bits per heavy atom. The van der Waals surface area contributed by atoms with Crippen LogP contribution in [0.4, 0.5) is 0 Å². The van der Waals surface area contributed by atoms with E-state index in [4.69, 9.17) is 0 Å². The number of hydrogen-bond donors (Lipinski definition) is 1. The highest BCUT2D eigenvalue weighted by Gasteiger charge is 2.45. The van der Waals surface area contributed by atoms with Gasteiger partial charge in [-0.25, -0.2) is 9.48 Å². The van der Waals surface area contributed by atoms with Gasteiger partial charge in [0, 0.05) is 19.5 Å². The van der Waals surface area contributed by atoms with Crippen LogP contribution >= 0.6 is 0 Å². The third kappa shape index (κ3) is 2.98. The molecule has 1 aromatic heterocycles. The fraction of sp³-hybridized carbons (Fsp3) is 0.474. The Hall–Kier alpha value is -2.70. The van der Waals surface area contributed by atoms with E-state index in [0.29, 0.717) is 29.3 Å². The zero-order chi connectivity index (χ0) is 18.9. The van der Waals surface area contributed by atoms with Crippen LogP contribution < -0.4 is 5.56 Å². The number of carbonyl (C=O) groups is 2. The molecule has 0 saturated heterocycles. The summed E-state index contributed by atoms with van der Waals surface area (Å²) < 4.78 is 1.22. The molecule has 1 amide bonds. The highest BCUT2D eigenvalue weighted by molar-refractivity contribution is 5.91. The highest BCUT2D eigenvalue weighted by atomic mass is 16.4. The van der Waals surface area contributed by atoms with E-state index < -0.39 is 11.5 Å². The Labute approximate surface area is 151 Å². The molecular weight excluding hydrogens is 334 g/mol. The van der Waals surface area contributed by atoms with Crippen molar-refractivity contribution in [2.45, 2.75) is 44.1 Å². The molecule has 26 heavy (non-hydrogen) atoms. The van der Waals surface area contributed by atoms with Crippen molar-refractivity contribution in [3.05, 3.63) is 40.3 Å². The second-order valence-electron chi connectivity index (χ2n) is 6.95. The molecule has 1 aliphatic rings. The number of fused-ring (bicyclic) bond motifs is 1. The lowest BCUT2D eigenvalue weighted by atomic mass is 9.80. The number of carboxylic acids is 1. The highest BCUT2D eigenvalue weighted by Crippen LogP contribution is 2.33. The second kappa shape index (κ2) is 6.90. The zero-order valence-corrected chi connectivity index (χ0v) is 15.1. The maximum Gasteiger partial charge on any atom is 0.329 e. The van der Waals surface area contributed by atoms with E-state index in [1.807, 2.05) is 0 Å². The third-order valence-corrected chi connectivity index (χ3v) is 5.45. The number of aromatic nitrogens is 2. The Morgan fingerprint density at radius 1 is 1.19 bits per heavy atom. The minimum atomic E-state index is -1.15. The fourth-order valence-corrected chi connectivity index (χ4v) is 3.84. The molecule has 2 aromatic rings. The lowest BCUT2D eigenvalue weighted by Crippen LogP contribution is -2.56. The van der Waals surface area contributed by atoms with Crippen LogP contribution in [0.1, 0.15) is 37.8 Å². The summed E-state index contributed by atoms with van der Waals surface area (Å²) in [6, 6.07) is 7.03. The molecule has 1 heterocycles. The quantitative estimate of drug-likeness (QED) is 0.899. The zero-order valence-electron chi connectivity index (χ0n) is 15.1. The molecule has 0 bridgehead atoms. The standard InChI is InChI=1S/C19H23N3O4/c1-21(19(18(25)26)10-6-3-7-11-19)16(23)12-15-13-8-4-5-9-14(13)17(24)22(2)20-15/h4-5,8-9H,3,6-7,10-12H2,1-2H3,(H,25,26). The van der Waals surface area contributed by atoms with Crippen molar-refractivity contribution in [3.63, 3.8) is 0 Å². The molecule has 1 saturated carbocycles. The van der Waals surface area contributed by atoms with Crippen molar-refractivity contribution >= 4 is 22.6 Å². The van der Waals surface area contributed by atoms with Gasteiger partial charge in [-0.2, -0.15) is 5.10 Å². The number of benzene rings is 1. The SMILES string of the molecule is CN(C(=O)Cc1nn(C)c(=O)c2ccccc12)C1(C(=O)O)CCCCC1. The Kier molecular flexibility index (Phi) is 4.80. The predicted octanol–water partition coefficient (Wildman–Crippen LogP) is 1.72. The smallest absolute Gasteiger partial charge is 0.329 e. The molecular formula is C19H23N3O4. The molecule has 7 heteroatoms. The molecule has 7 nitrogen and oxygen atoms in total. The van der Waals surface area contributed by atoms with E-state index in [2.05, 4.69) is 5.10 Å². The van der Waals surface area contributed by atoms with Crippen LogP contribution in [0.25, 0.3) is 10.8 Å². The second-order valence-corrected chi connectivity index (χ2v) is 6.95. The number of rotatable bonds is 4. The normalized spacial score (nSPS) is 16.4. The Morgan fingerprint density at radius 3 is 2.42 bits per heavy atom. The van der Waals surface area contributed by atoms with Gasteiger partial charge in [-0.1, -0.05) is 37.5 Å². The first-order valence-electron chi connectivity index (χ1n) is 8.82. The monoisotopic (exact) mass is 357 g/mol. The fourth-order valence-electron chi connectivity index (χ4n) is 3.84. The summed E-state index contributed by atoms with van der Waals surface area (Å²) in [6.45, 7) is 0. The van der Waals surface area contributed by atoms with Crippen LogP contribution in [0.5, 0.6) is 0 Å². The molecule has 0 aliphatic heterocycles. The number of aryl methyl sites for hydroxylation is 1. The number of amides is 1. The largest absolute Gasteiger partial charge is 0.479 e. The number of aliphatic carboxylic acids is 1. The third-order valence-electron chi connectivity index (χ3n) is 5.45. The van der Waals surface area contributed by atoms with Gasteiger partial charge in [0.1, 0.15) is 5.54 Å². The molecule has 0 unspecified atom stereocenters. The Balaban J connectivity index is 1.95. The minimum Gasteiger partial charge on any atom is -0.479 e. The maximum atomic E-state index is 12.9. The van der Waals surface area contributed by atoms with E-state index >= 15 is 0 Å². The van der Waals surface area contributed by atoms with Crippen molar-refractivity contribution in [2.75, 3.05) is 7.05 Å². The van der Waals surface area contributed by atoms with Crippen LogP contribution in [0.3, 0.4) is 0 Å². The summed E-state index contributed by atoms with van der Waals surface area (Å²) in [4.78, 5) is 38.4. The van der Waals surface area contributed by atoms with Gasteiger partial charge in [0.25, 0.3) is 5.56 Å². The maximum absolute atomic E-state index is 12.9. The number of carbonyl (C=O) groups excluding carboxylic acids is 1. The summed E-state index contributed by atoms with van der Waals surface area (Å²) in [6.07, 6.45) is 3.47. The molecule has 0 spiro atoms. The van der Waals surface area contributed by atoms with Gasteiger partial charge in [0.2, 0.25) is 5.91 Å². The lowest BCUT2D eigenvalue weighted by Gasteiger charge is -2.41. The summed E-state index contributed by atoms with van der Waals surface area (Å²) >= 11 is 0. The first-order valence-corrected chi connectivity index (χ1v) is 8.82. The van der Waals surface area contributed by atoms with Crippen LogP contribution in [0, 0.1) is 0 Å². The first kappa shape index (κ1) is 18.1. The van der Waals surface area contributed by atoms with E-state index in [1.165, 1.54) is 9.58 Å². The minimum absolute atomic E-state index is 0.0415. The number of hydrogen-bond acceptors (Lipinski definition) is 4. The van der Waals surface area contributed by atoms with Crippen LogP contribution in [-0.4, -0.2) is 44.3 Å². The molecule has 138 valence electrons. The van der Waals surface area contributed by atoms with Crippen LogP contribution in [0.2, 0.25) is 0 Å². The van der Waals surface area contributed by atoms with E-state index in [1.54, 1.807) is 38.4 Å². The molecule has 1 aliphatic carbocycles. The van der Waals surface area contributed by atoms with Crippen molar-refractivity contribution in [2.24, 2.45) is 7.05 Å². The van der Waals surface area contributed by atoms with Crippen molar-refractivity contribution in [3.8, 4) is 0 Å². The van der Waals surface area contributed by atoms with Gasteiger partial charge in [0.15, 0.2) is 0 Å². The molecule has 0 atom stereocenters. The number of carboxylic acid groups (broad SMARTS) is 1. The Bertz CT molecular complexity index is 913. The van der Waals surface area contributed by atoms with Gasteiger partial charge in [-0.05, 0) is 18.9 Å². The molecule has 1 fully saturated rings. The van der Waals surface area contributed by atoms with Crippen LogP contribution in [-0.2, 0) is 23.1 Å². The summed E-state index contributed by atoms with van der Waals surface area (Å²) in [7, 11) is 3.11. The summed E-state index contributed by atoms with van der Waals surface area (Å²) in [5.74, 6) is -1.25. The van der Waals surface area contributed by atoms with Gasteiger partial charge in [0.05, 0.1) is 17.5 Å². The van der Waals surface area contributed by atoms with E-state index in [-0.39, 0.29) is 17.9 Å². The van der Waals surface area contributed by atoms with Gasteiger partial charge in [-0.3, -0.25) is 9.59 Å². The van der Waals surface area contributed by atoms with Gasteiger partial charge in [-0.15, -0.1) is 0 Å². The van der Waals surface area contributed by atoms with Crippen molar-refractivity contribution in [1.82, 2.24) is 14.7 Å². The molecule has 1 N–H and O–H groups in total. The van der Waals surface area contributed by atoms with Crippen LogP contribution in [0.15, 0.2) is 29.1 Å². The van der Waals surface area contributed by atoms with E-state index in [0.717, 1.165) is 19.3 Å². The lowest BCUT2D eigenvalue weighted by molar-refractivity contribution is -0.160. The molecule has 1 aromatic carbocycles. The average molecular weight is 357 g/mol. The number of nitrogens with zero attached hydrogens (tertiary/aromatic N) is 3. The van der Waals surface area contributed by atoms with Crippen molar-refractivity contribution in [1.29, 1.82) is 0 Å². The number of likely N-dealkylation sites (N-methyl/N-ethyl adjacent to an activating group) is 1. The summed E-state index contributed by atoms with van der Waals surface area (Å²) in [5.41, 5.74) is -0.887.